The van der Waals surface area contributed by atoms with Crippen LogP contribution in [0, 0.1) is 5.92 Å². The van der Waals surface area contributed by atoms with Crippen LogP contribution in [0.5, 0.6) is 0 Å². The Morgan fingerprint density at radius 1 is 1.22 bits per heavy atom. The molecule has 0 bridgehead atoms. The topological polar surface area (TPSA) is 56.5 Å². The van der Waals surface area contributed by atoms with Crippen LogP contribution in [0.25, 0.3) is 11.2 Å². The zero-order valence-electron chi connectivity index (χ0n) is 19.5. The van der Waals surface area contributed by atoms with Gasteiger partial charge >= 0.3 is 0 Å². The minimum Gasteiger partial charge on any atom is -0.368 e. The molecule has 32 heavy (non-hydrogen) atoms. The van der Waals surface area contributed by atoms with E-state index in [0.29, 0.717) is 17.3 Å². The molecule has 7 nitrogen and oxygen atoms in total. The van der Waals surface area contributed by atoms with Crippen LogP contribution in [0.3, 0.4) is 0 Å². The zero-order valence-corrected chi connectivity index (χ0v) is 19.5. The molecular weight excluding hydrogens is 400 g/mol. The van der Waals surface area contributed by atoms with Gasteiger partial charge in [0.1, 0.15) is 5.65 Å². The van der Waals surface area contributed by atoms with Gasteiger partial charge in [-0.05, 0) is 50.6 Å². The monoisotopic (exact) mass is 432 g/mol. The van der Waals surface area contributed by atoms with Crippen molar-refractivity contribution in [1.29, 1.82) is 0 Å². The molecule has 0 saturated carbocycles. The van der Waals surface area contributed by atoms with Gasteiger partial charge in [-0.15, -0.1) is 0 Å². The van der Waals surface area contributed by atoms with Crippen LogP contribution >= 0.6 is 0 Å². The summed E-state index contributed by atoms with van der Waals surface area (Å²) >= 11 is 0. The Kier molecular flexibility index (Phi) is 6.28. The molecule has 7 heteroatoms. The highest BCUT2D eigenvalue weighted by molar-refractivity contribution is 5.84. The predicted octanol–water partition coefficient (Wildman–Crippen LogP) is 3.59. The molecule has 0 aromatic carbocycles. The first-order chi connectivity index (χ1) is 15.4. The summed E-state index contributed by atoms with van der Waals surface area (Å²) in [6.07, 6.45) is 8.66. The van der Waals surface area contributed by atoms with E-state index in [0.717, 1.165) is 55.3 Å². The highest BCUT2D eigenvalue weighted by Crippen LogP contribution is 2.24. The van der Waals surface area contributed by atoms with Gasteiger partial charge < -0.3 is 9.80 Å². The number of pyridine rings is 1. The molecule has 2 aliphatic heterocycles. The molecule has 4 rings (SSSR count). The first-order valence-electron chi connectivity index (χ1n) is 11.3. The number of rotatable bonds is 5. The first-order valence-corrected chi connectivity index (χ1v) is 11.3. The van der Waals surface area contributed by atoms with Crippen LogP contribution in [-0.4, -0.2) is 58.2 Å². The number of allylic oxidation sites excluding steroid dienone is 3. The van der Waals surface area contributed by atoms with Gasteiger partial charge in [-0.2, -0.15) is 5.10 Å². The van der Waals surface area contributed by atoms with Gasteiger partial charge in [0, 0.05) is 55.9 Å². The average Bonchev–Trinajstić information content (AvgIpc) is 2.80. The number of hydrogen-bond acceptors (Lipinski definition) is 6. The van der Waals surface area contributed by atoms with Crippen LogP contribution in [0.4, 0.5) is 5.69 Å². The lowest BCUT2D eigenvalue weighted by Gasteiger charge is -2.34. The first kappa shape index (κ1) is 22.0. The van der Waals surface area contributed by atoms with Crippen LogP contribution in [-0.2, 0) is 0 Å². The molecular formula is C25H32N6O. The number of anilines is 1. The lowest BCUT2D eigenvalue weighted by Crippen LogP contribution is -2.44. The number of fused-ring (bicyclic) bond motifs is 1. The van der Waals surface area contributed by atoms with E-state index in [9.17, 15) is 4.79 Å². The molecule has 1 unspecified atom stereocenters. The summed E-state index contributed by atoms with van der Waals surface area (Å²) in [5.41, 5.74) is 4.89. The van der Waals surface area contributed by atoms with Gasteiger partial charge in [-0.25, -0.2) is 9.99 Å². The van der Waals surface area contributed by atoms with Crippen molar-refractivity contribution in [3.05, 3.63) is 71.1 Å². The average molecular weight is 433 g/mol. The maximum absolute atomic E-state index is 13.0. The third-order valence-electron chi connectivity index (χ3n) is 6.41. The van der Waals surface area contributed by atoms with E-state index < -0.39 is 0 Å². The van der Waals surface area contributed by atoms with E-state index >= 15 is 0 Å². The van der Waals surface area contributed by atoms with E-state index in [-0.39, 0.29) is 5.56 Å². The number of hydrogen-bond donors (Lipinski definition) is 0. The van der Waals surface area contributed by atoms with E-state index in [1.165, 1.54) is 0 Å². The Morgan fingerprint density at radius 3 is 2.69 bits per heavy atom. The number of nitrogens with zero attached hydrogens (tertiary/aromatic N) is 6. The standard InChI is InChI=1S/C25H32N6O/c1-6-18(2)20(4)27-31-16-21(8-7-19(31)3)23-15-25(32)30-17-22(9-10-24(30)26-23)29-13-11-28(5)12-14-29/h7-10,15-18H,3,6,11-14H2,1-2,4-5H3/b27-20-. The molecule has 0 amide bonds. The third-order valence-corrected chi connectivity index (χ3v) is 6.41. The quantitative estimate of drug-likeness (QED) is 0.676. The number of hydrazone groups is 1. The molecule has 2 aromatic rings. The second-order valence-electron chi connectivity index (χ2n) is 8.69. The summed E-state index contributed by atoms with van der Waals surface area (Å²) in [5.74, 6) is 0.392. The van der Waals surface area contributed by atoms with Crippen molar-refractivity contribution in [2.45, 2.75) is 27.2 Å². The molecule has 2 aliphatic rings. The maximum atomic E-state index is 13.0. The van der Waals surface area contributed by atoms with Crippen molar-refractivity contribution in [2.24, 2.45) is 11.0 Å². The van der Waals surface area contributed by atoms with Crippen LogP contribution < -0.4 is 10.5 Å². The highest BCUT2D eigenvalue weighted by atomic mass is 16.1. The summed E-state index contributed by atoms with van der Waals surface area (Å²) in [6, 6.07) is 5.57. The van der Waals surface area contributed by atoms with Crippen LogP contribution in [0.15, 0.2) is 64.9 Å². The molecule has 0 aliphatic carbocycles. The number of aromatic nitrogens is 2. The van der Waals surface area contributed by atoms with Crippen LogP contribution in [0.2, 0.25) is 0 Å². The Morgan fingerprint density at radius 2 is 1.97 bits per heavy atom. The van der Waals surface area contributed by atoms with Crippen molar-refractivity contribution < 1.29 is 0 Å². The summed E-state index contributed by atoms with van der Waals surface area (Å²) in [6.45, 7) is 14.4. The Bertz CT molecular complexity index is 1170. The molecule has 1 atom stereocenters. The lowest BCUT2D eigenvalue weighted by molar-refractivity contribution is 0.313. The lowest BCUT2D eigenvalue weighted by atomic mass is 10.0. The van der Waals surface area contributed by atoms with Gasteiger partial charge in [-0.1, -0.05) is 20.4 Å². The molecule has 2 aromatic heterocycles. The molecule has 0 radical (unpaired) electrons. The largest absolute Gasteiger partial charge is 0.368 e. The van der Waals surface area contributed by atoms with E-state index in [1.54, 1.807) is 15.5 Å². The Hall–Kier alpha value is -3.19. The molecule has 168 valence electrons. The van der Waals surface area contributed by atoms with E-state index in [4.69, 9.17) is 10.1 Å². The summed E-state index contributed by atoms with van der Waals surface area (Å²) in [5, 5.41) is 6.49. The fourth-order valence-electron chi connectivity index (χ4n) is 3.82. The minimum atomic E-state index is -0.0921. The fourth-order valence-corrected chi connectivity index (χ4v) is 3.82. The van der Waals surface area contributed by atoms with Gasteiger partial charge in [0.2, 0.25) is 0 Å². The second-order valence-corrected chi connectivity index (χ2v) is 8.69. The van der Waals surface area contributed by atoms with Crippen molar-refractivity contribution in [3.63, 3.8) is 0 Å². The SMILES string of the molecule is C=C1C=CC(c2cc(=O)n3cc(N4CCN(C)CC4)ccc3n2)=CN1/N=C(/C)C(C)CC. The second kappa shape index (κ2) is 9.12. The molecule has 1 saturated heterocycles. The van der Waals surface area contributed by atoms with Gasteiger partial charge in [0.15, 0.2) is 0 Å². The highest BCUT2D eigenvalue weighted by Gasteiger charge is 2.17. The summed E-state index contributed by atoms with van der Waals surface area (Å²) in [7, 11) is 2.13. The maximum Gasteiger partial charge on any atom is 0.258 e. The Labute approximate surface area is 189 Å². The number of likely N-dealkylation sites (N-methyl/N-ethyl adjacent to an activating group) is 1. The van der Waals surface area contributed by atoms with Gasteiger partial charge in [0.05, 0.1) is 17.1 Å². The zero-order chi connectivity index (χ0) is 22.8. The molecule has 4 heterocycles. The van der Waals surface area contributed by atoms with E-state index in [1.807, 2.05) is 37.5 Å². The van der Waals surface area contributed by atoms with Crippen molar-refractivity contribution in [1.82, 2.24) is 19.3 Å². The van der Waals surface area contributed by atoms with Gasteiger partial charge in [0.25, 0.3) is 5.56 Å². The summed E-state index contributed by atoms with van der Waals surface area (Å²) < 4.78 is 1.63. The fraction of sp³-hybridized carbons (Fsp3) is 0.400. The Balaban J connectivity index is 1.65. The van der Waals surface area contributed by atoms with E-state index in [2.05, 4.69) is 43.3 Å². The summed E-state index contributed by atoms with van der Waals surface area (Å²) in [4.78, 5) is 22.4. The molecule has 0 N–H and O–H groups in total. The molecule has 0 spiro atoms. The minimum absolute atomic E-state index is 0.0921. The third kappa shape index (κ3) is 4.53. The van der Waals surface area contributed by atoms with Crippen molar-refractivity contribution in [2.75, 3.05) is 38.1 Å². The normalized spacial score (nSPS) is 18.9. The van der Waals surface area contributed by atoms with Crippen molar-refractivity contribution >= 4 is 22.6 Å². The van der Waals surface area contributed by atoms with Crippen LogP contribution in [0.1, 0.15) is 32.9 Å². The van der Waals surface area contributed by atoms with Crippen molar-refractivity contribution in [3.8, 4) is 0 Å². The molecule has 1 fully saturated rings. The number of piperazine rings is 1. The van der Waals surface area contributed by atoms with Gasteiger partial charge in [-0.3, -0.25) is 9.20 Å². The smallest absolute Gasteiger partial charge is 0.258 e. The predicted molar refractivity (Wildman–Crippen MR) is 132 cm³/mol.